The van der Waals surface area contributed by atoms with E-state index in [4.69, 9.17) is 0 Å². The summed E-state index contributed by atoms with van der Waals surface area (Å²) in [7, 11) is -3.50. The summed E-state index contributed by atoms with van der Waals surface area (Å²) >= 11 is 0. The van der Waals surface area contributed by atoms with Crippen LogP contribution in [0.5, 0.6) is 0 Å². The van der Waals surface area contributed by atoms with Crippen LogP contribution in [0.4, 0.5) is 0 Å². The fourth-order valence-electron chi connectivity index (χ4n) is 1.51. The van der Waals surface area contributed by atoms with Crippen LogP contribution in [-0.4, -0.2) is 20.7 Å². The SMILES string of the molecule is CCCCNS(=O)(=O)c1cccc(C(=O)CC)c1. The molecule has 1 aromatic carbocycles. The molecule has 0 amide bonds. The Morgan fingerprint density at radius 1 is 1.28 bits per heavy atom. The lowest BCUT2D eigenvalue weighted by Crippen LogP contribution is -2.24. The number of nitrogens with one attached hydrogen (secondary N) is 1. The van der Waals surface area contributed by atoms with Gasteiger partial charge in [-0.25, -0.2) is 13.1 Å². The largest absolute Gasteiger partial charge is 0.294 e. The number of sulfonamides is 1. The zero-order chi connectivity index (χ0) is 13.6. The average Bonchev–Trinajstić information content (AvgIpc) is 2.38. The third kappa shape index (κ3) is 3.92. The van der Waals surface area contributed by atoms with Crippen molar-refractivity contribution >= 4 is 15.8 Å². The highest BCUT2D eigenvalue weighted by Gasteiger charge is 2.14. The van der Waals surface area contributed by atoms with Crippen molar-refractivity contribution in [3.63, 3.8) is 0 Å². The van der Waals surface area contributed by atoms with Crippen LogP contribution >= 0.6 is 0 Å². The maximum absolute atomic E-state index is 11.9. The van der Waals surface area contributed by atoms with E-state index >= 15 is 0 Å². The lowest BCUT2D eigenvalue weighted by molar-refractivity contribution is 0.0988. The van der Waals surface area contributed by atoms with Crippen LogP contribution in [0, 0.1) is 0 Å². The van der Waals surface area contributed by atoms with Crippen LogP contribution in [0.25, 0.3) is 0 Å². The molecular formula is C13H19NO3S. The molecule has 5 heteroatoms. The molecule has 18 heavy (non-hydrogen) atoms. The molecule has 0 aliphatic carbocycles. The van der Waals surface area contributed by atoms with E-state index in [-0.39, 0.29) is 10.7 Å². The van der Waals surface area contributed by atoms with Crippen LogP contribution in [0.15, 0.2) is 29.2 Å². The first kappa shape index (κ1) is 14.9. The van der Waals surface area contributed by atoms with Gasteiger partial charge < -0.3 is 0 Å². The highest BCUT2D eigenvalue weighted by molar-refractivity contribution is 7.89. The van der Waals surface area contributed by atoms with Gasteiger partial charge in [-0.05, 0) is 18.6 Å². The Balaban J connectivity index is 2.92. The summed E-state index contributed by atoms with van der Waals surface area (Å²) in [5, 5.41) is 0. The number of benzene rings is 1. The number of hydrogen-bond acceptors (Lipinski definition) is 3. The molecular weight excluding hydrogens is 250 g/mol. The molecule has 0 radical (unpaired) electrons. The standard InChI is InChI=1S/C13H19NO3S/c1-3-5-9-14-18(16,17)12-8-6-7-11(10-12)13(15)4-2/h6-8,10,14H,3-5,9H2,1-2H3. The Morgan fingerprint density at radius 2 is 2.00 bits per heavy atom. The van der Waals surface area contributed by atoms with Gasteiger partial charge in [-0.15, -0.1) is 0 Å². The van der Waals surface area contributed by atoms with Crippen molar-refractivity contribution in [2.75, 3.05) is 6.54 Å². The third-order valence-corrected chi connectivity index (χ3v) is 4.07. The summed E-state index contributed by atoms with van der Waals surface area (Å²) in [4.78, 5) is 11.7. The van der Waals surface area contributed by atoms with Gasteiger partial charge in [-0.1, -0.05) is 32.4 Å². The number of rotatable bonds is 7. The molecule has 0 atom stereocenters. The van der Waals surface area contributed by atoms with E-state index < -0.39 is 10.0 Å². The minimum absolute atomic E-state index is 0.0550. The van der Waals surface area contributed by atoms with Crippen LogP contribution in [0.3, 0.4) is 0 Å². The maximum atomic E-state index is 11.9. The van der Waals surface area contributed by atoms with Crippen LogP contribution in [0.2, 0.25) is 0 Å². The van der Waals surface area contributed by atoms with Crippen molar-refractivity contribution in [1.82, 2.24) is 4.72 Å². The average molecular weight is 269 g/mol. The Hall–Kier alpha value is -1.20. The Kier molecular flexibility index (Phi) is 5.50. The molecule has 0 aliphatic heterocycles. The Morgan fingerprint density at radius 3 is 2.61 bits per heavy atom. The second-order valence-corrected chi connectivity index (χ2v) is 5.82. The fraction of sp³-hybridized carbons (Fsp3) is 0.462. The van der Waals surface area contributed by atoms with E-state index in [2.05, 4.69) is 4.72 Å². The first-order valence-corrected chi connectivity index (χ1v) is 7.62. The molecule has 1 N–H and O–H groups in total. The molecule has 1 aromatic rings. The molecule has 0 spiro atoms. The highest BCUT2D eigenvalue weighted by atomic mass is 32.2. The molecule has 0 saturated carbocycles. The van der Waals surface area contributed by atoms with Crippen LogP contribution < -0.4 is 4.72 Å². The van der Waals surface area contributed by atoms with E-state index in [9.17, 15) is 13.2 Å². The van der Waals surface area contributed by atoms with Gasteiger partial charge in [-0.2, -0.15) is 0 Å². The summed E-state index contributed by atoms with van der Waals surface area (Å²) in [6.45, 7) is 4.17. The molecule has 0 bridgehead atoms. The summed E-state index contributed by atoms with van der Waals surface area (Å²) < 4.78 is 26.4. The van der Waals surface area contributed by atoms with Gasteiger partial charge in [0.1, 0.15) is 0 Å². The second-order valence-electron chi connectivity index (χ2n) is 4.06. The van der Waals surface area contributed by atoms with Gasteiger partial charge in [0.2, 0.25) is 10.0 Å². The van der Waals surface area contributed by atoms with Gasteiger partial charge in [0.25, 0.3) is 0 Å². The molecule has 1 rings (SSSR count). The van der Waals surface area contributed by atoms with Gasteiger partial charge >= 0.3 is 0 Å². The number of ketones is 1. The molecule has 0 saturated heterocycles. The highest BCUT2D eigenvalue weighted by Crippen LogP contribution is 2.13. The molecule has 100 valence electrons. The van der Waals surface area contributed by atoms with Crippen molar-refractivity contribution in [3.8, 4) is 0 Å². The maximum Gasteiger partial charge on any atom is 0.240 e. The van der Waals surface area contributed by atoms with Crippen LogP contribution in [0.1, 0.15) is 43.5 Å². The van der Waals surface area contributed by atoms with E-state index in [0.717, 1.165) is 12.8 Å². The molecule has 0 aromatic heterocycles. The normalized spacial score (nSPS) is 11.4. The Labute approximate surface area is 108 Å². The summed E-state index contributed by atoms with van der Waals surface area (Å²) in [6.07, 6.45) is 2.09. The zero-order valence-corrected chi connectivity index (χ0v) is 11.6. The monoisotopic (exact) mass is 269 g/mol. The molecule has 4 nitrogen and oxygen atoms in total. The predicted octanol–water partition coefficient (Wildman–Crippen LogP) is 2.36. The fourth-order valence-corrected chi connectivity index (χ4v) is 2.63. The van der Waals surface area contributed by atoms with Crippen LogP contribution in [-0.2, 0) is 10.0 Å². The number of hydrogen-bond donors (Lipinski definition) is 1. The number of carbonyl (C=O) groups excluding carboxylic acids is 1. The van der Waals surface area contributed by atoms with Crippen molar-refractivity contribution < 1.29 is 13.2 Å². The number of carbonyl (C=O) groups is 1. The van der Waals surface area contributed by atoms with Gasteiger partial charge in [0.15, 0.2) is 5.78 Å². The van der Waals surface area contributed by atoms with E-state index in [0.29, 0.717) is 18.5 Å². The predicted molar refractivity (Wildman–Crippen MR) is 71.2 cm³/mol. The summed E-state index contributed by atoms with van der Waals surface area (Å²) in [6, 6.07) is 6.16. The minimum atomic E-state index is -3.50. The van der Waals surface area contributed by atoms with Crippen molar-refractivity contribution in [2.24, 2.45) is 0 Å². The lowest BCUT2D eigenvalue weighted by atomic mass is 10.1. The van der Waals surface area contributed by atoms with E-state index in [1.54, 1.807) is 19.1 Å². The first-order valence-electron chi connectivity index (χ1n) is 6.14. The smallest absolute Gasteiger partial charge is 0.240 e. The van der Waals surface area contributed by atoms with E-state index in [1.807, 2.05) is 6.92 Å². The minimum Gasteiger partial charge on any atom is -0.294 e. The summed E-state index contributed by atoms with van der Waals surface area (Å²) in [5.41, 5.74) is 0.441. The van der Waals surface area contributed by atoms with Crippen molar-refractivity contribution in [3.05, 3.63) is 29.8 Å². The Bertz CT molecular complexity index is 509. The first-order chi connectivity index (χ1) is 8.51. The lowest BCUT2D eigenvalue weighted by Gasteiger charge is -2.07. The van der Waals surface area contributed by atoms with Gasteiger partial charge in [0, 0.05) is 18.5 Å². The summed E-state index contributed by atoms with van der Waals surface area (Å²) in [5.74, 6) is -0.0550. The zero-order valence-electron chi connectivity index (χ0n) is 10.8. The quantitative estimate of drug-likeness (QED) is 0.610. The number of unbranched alkanes of at least 4 members (excludes halogenated alkanes) is 1. The molecule has 0 fully saturated rings. The molecule has 0 unspecified atom stereocenters. The molecule has 0 heterocycles. The molecule has 0 aliphatic rings. The van der Waals surface area contributed by atoms with E-state index in [1.165, 1.54) is 12.1 Å². The van der Waals surface area contributed by atoms with Crippen molar-refractivity contribution in [1.29, 1.82) is 0 Å². The number of Topliss-reactive ketones (excluding diaryl/α,β-unsaturated/α-hetero) is 1. The van der Waals surface area contributed by atoms with Gasteiger partial charge in [0.05, 0.1) is 4.90 Å². The second kappa shape index (κ2) is 6.66. The van der Waals surface area contributed by atoms with Crippen molar-refractivity contribution in [2.45, 2.75) is 38.0 Å². The third-order valence-electron chi connectivity index (χ3n) is 2.61. The topological polar surface area (TPSA) is 63.2 Å². The van der Waals surface area contributed by atoms with Gasteiger partial charge in [-0.3, -0.25) is 4.79 Å².